The van der Waals surface area contributed by atoms with Gasteiger partial charge in [0.15, 0.2) is 0 Å². The first-order valence-electron chi connectivity index (χ1n) is 6.45. The van der Waals surface area contributed by atoms with Gasteiger partial charge >= 0.3 is 0 Å². The summed E-state index contributed by atoms with van der Waals surface area (Å²) in [6.45, 7) is 5.71. The van der Waals surface area contributed by atoms with Crippen molar-refractivity contribution in [3.05, 3.63) is 29.6 Å². The molecule has 100 valence electrons. The molecule has 1 unspecified atom stereocenters. The lowest BCUT2D eigenvalue weighted by Gasteiger charge is -2.37. The number of aliphatic hydroxyl groups excluding tert-OH is 1. The fourth-order valence-electron chi connectivity index (χ4n) is 2.33. The first-order valence-corrected chi connectivity index (χ1v) is 6.45. The van der Waals surface area contributed by atoms with E-state index in [0.29, 0.717) is 31.0 Å². The van der Waals surface area contributed by atoms with Crippen LogP contribution in [0.5, 0.6) is 0 Å². The van der Waals surface area contributed by atoms with E-state index >= 15 is 0 Å². The molecule has 1 aromatic rings. The zero-order chi connectivity index (χ0) is 13.1. The molecule has 0 aromatic heterocycles. The molecule has 1 aliphatic rings. The number of aliphatic hydroxyl groups is 1. The minimum Gasteiger partial charge on any atom is -0.389 e. The molecule has 1 N–H and O–H groups in total. The summed E-state index contributed by atoms with van der Waals surface area (Å²) in [6.07, 6.45) is 0.289. The van der Waals surface area contributed by atoms with E-state index in [9.17, 15) is 9.50 Å². The highest BCUT2D eigenvalue weighted by molar-refractivity contribution is 5.50. The Morgan fingerprint density at radius 2 is 2.33 bits per heavy atom. The lowest BCUT2D eigenvalue weighted by atomic mass is 10.1. The van der Waals surface area contributed by atoms with Crippen molar-refractivity contribution in [3.63, 3.8) is 0 Å². The molecule has 2 rings (SSSR count). The molecule has 2 atom stereocenters. The van der Waals surface area contributed by atoms with Gasteiger partial charge in [0.25, 0.3) is 0 Å². The minimum absolute atomic E-state index is 0.227. The van der Waals surface area contributed by atoms with Crippen LogP contribution >= 0.6 is 0 Å². The van der Waals surface area contributed by atoms with Crippen LogP contribution in [0.3, 0.4) is 0 Å². The average molecular weight is 253 g/mol. The molecule has 3 nitrogen and oxygen atoms in total. The maximum absolute atomic E-state index is 14.1. The number of anilines is 1. The van der Waals surface area contributed by atoms with Gasteiger partial charge in [0.1, 0.15) is 5.82 Å². The van der Waals surface area contributed by atoms with Crippen molar-refractivity contribution >= 4 is 5.69 Å². The molecule has 0 aliphatic carbocycles. The highest BCUT2D eigenvalue weighted by Crippen LogP contribution is 2.27. The van der Waals surface area contributed by atoms with E-state index < -0.39 is 6.10 Å². The van der Waals surface area contributed by atoms with Gasteiger partial charge in [0.05, 0.1) is 31.0 Å². The van der Waals surface area contributed by atoms with Crippen molar-refractivity contribution < 1.29 is 14.2 Å². The molecule has 0 spiro atoms. The highest BCUT2D eigenvalue weighted by Gasteiger charge is 2.24. The van der Waals surface area contributed by atoms with E-state index in [2.05, 4.69) is 11.8 Å². The molecule has 0 radical (unpaired) electrons. The summed E-state index contributed by atoms with van der Waals surface area (Å²) < 4.78 is 19.5. The first kappa shape index (κ1) is 13.3. The monoisotopic (exact) mass is 253 g/mol. The number of ether oxygens (including phenoxy) is 1. The molecular weight excluding hydrogens is 233 g/mol. The smallest absolute Gasteiger partial charge is 0.146 e. The minimum atomic E-state index is -0.639. The zero-order valence-corrected chi connectivity index (χ0v) is 10.9. The summed E-state index contributed by atoms with van der Waals surface area (Å²) in [7, 11) is 0. The molecule has 4 heteroatoms. The van der Waals surface area contributed by atoms with Crippen molar-refractivity contribution in [2.24, 2.45) is 0 Å². The Hall–Kier alpha value is -1.13. The lowest BCUT2D eigenvalue weighted by Crippen LogP contribution is -2.45. The molecule has 1 heterocycles. The molecule has 0 amide bonds. The van der Waals surface area contributed by atoms with Crippen molar-refractivity contribution in [3.8, 4) is 0 Å². The number of morpholine rings is 1. The standard InChI is InChI=1S/C14H20FNO2/c1-3-12-9-18-7-6-16(12)14-5-4-11(10(2)17)8-13(14)15/h4-5,8,10,12,17H,3,6-7,9H2,1-2H3/t10-,12?/m0/s1. The predicted molar refractivity (Wildman–Crippen MR) is 69.3 cm³/mol. The predicted octanol–water partition coefficient (Wildman–Crippen LogP) is 2.49. The van der Waals surface area contributed by atoms with E-state index in [1.165, 1.54) is 6.07 Å². The Balaban J connectivity index is 2.26. The van der Waals surface area contributed by atoms with Crippen LogP contribution in [-0.2, 0) is 4.74 Å². The van der Waals surface area contributed by atoms with Crippen molar-refractivity contribution in [1.82, 2.24) is 0 Å². The fourth-order valence-corrected chi connectivity index (χ4v) is 2.33. The molecule has 1 aromatic carbocycles. The van der Waals surface area contributed by atoms with Crippen molar-refractivity contribution in [1.29, 1.82) is 0 Å². The van der Waals surface area contributed by atoms with E-state index in [0.717, 1.165) is 6.42 Å². The van der Waals surface area contributed by atoms with Crippen LogP contribution in [-0.4, -0.2) is 30.9 Å². The highest BCUT2D eigenvalue weighted by atomic mass is 19.1. The van der Waals surface area contributed by atoms with Crippen LogP contribution in [0, 0.1) is 5.82 Å². The number of nitrogens with zero attached hydrogens (tertiary/aromatic N) is 1. The van der Waals surface area contributed by atoms with Gasteiger partial charge in [-0.3, -0.25) is 0 Å². The second-order valence-corrected chi connectivity index (χ2v) is 4.72. The molecule has 18 heavy (non-hydrogen) atoms. The van der Waals surface area contributed by atoms with Gasteiger partial charge in [-0.05, 0) is 31.0 Å². The van der Waals surface area contributed by atoms with Gasteiger partial charge in [0.2, 0.25) is 0 Å². The molecule has 0 bridgehead atoms. The number of benzene rings is 1. The number of hydrogen-bond acceptors (Lipinski definition) is 3. The quantitative estimate of drug-likeness (QED) is 0.898. The summed E-state index contributed by atoms with van der Waals surface area (Å²) in [5.74, 6) is -0.270. The fraction of sp³-hybridized carbons (Fsp3) is 0.571. The third-order valence-electron chi connectivity index (χ3n) is 3.46. The van der Waals surface area contributed by atoms with Crippen LogP contribution in [0.4, 0.5) is 10.1 Å². The third kappa shape index (κ3) is 2.65. The summed E-state index contributed by atoms with van der Waals surface area (Å²) in [5, 5.41) is 9.45. The Bertz CT molecular complexity index is 409. The van der Waals surface area contributed by atoms with E-state index in [-0.39, 0.29) is 11.9 Å². The third-order valence-corrected chi connectivity index (χ3v) is 3.46. The second kappa shape index (κ2) is 5.67. The molecule has 1 fully saturated rings. The normalized spacial score (nSPS) is 22.0. The van der Waals surface area contributed by atoms with Crippen LogP contribution in [0.1, 0.15) is 31.9 Å². The summed E-state index contributed by atoms with van der Waals surface area (Å²) in [6, 6.07) is 5.18. The Labute approximate surface area is 107 Å². The van der Waals surface area contributed by atoms with Crippen molar-refractivity contribution in [2.45, 2.75) is 32.4 Å². The van der Waals surface area contributed by atoms with Crippen LogP contribution in [0.2, 0.25) is 0 Å². The topological polar surface area (TPSA) is 32.7 Å². The lowest BCUT2D eigenvalue weighted by molar-refractivity contribution is 0.0926. The summed E-state index contributed by atoms with van der Waals surface area (Å²) in [5.41, 5.74) is 1.21. The maximum atomic E-state index is 14.1. The molecule has 0 saturated carbocycles. The second-order valence-electron chi connectivity index (χ2n) is 4.72. The Morgan fingerprint density at radius 1 is 1.56 bits per heavy atom. The number of halogens is 1. The largest absolute Gasteiger partial charge is 0.389 e. The Kier molecular flexibility index (Phi) is 4.19. The SMILES string of the molecule is CCC1COCCN1c1ccc([C@H](C)O)cc1F. The Morgan fingerprint density at radius 3 is 2.94 bits per heavy atom. The number of rotatable bonds is 3. The maximum Gasteiger partial charge on any atom is 0.146 e. The molecule has 1 aliphatic heterocycles. The van der Waals surface area contributed by atoms with Gasteiger partial charge in [-0.2, -0.15) is 0 Å². The van der Waals surface area contributed by atoms with E-state index in [4.69, 9.17) is 4.74 Å². The average Bonchev–Trinajstić information content (AvgIpc) is 2.38. The summed E-state index contributed by atoms with van der Waals surface area (Å²) >= 11 is 0. The van der Waals surface area contributed by atoms with Gasteiger partial charge in [-0.15, -0.1) is 0 Å². The molecule has 1 saturated heterocycles. The number of hydrogen-bond donors (Lipinski definition) is 1. The van der Waals surface area contributed by atoms with Gasteiger partial charge in [0, 0.05) is 6.54 Å². The zero-order valence-electron chi connectivity index (χ0n) is 10.9. The van der Waals surface area contributed by atoms with Gasteiger partial charge < -0.3 is 14.7 Å². The van der Waals surface area contributed by atoms with Crippen LogP contribution in [0.25, 0.3) is 0 Å². The van der Waals surface area contributed by atoms with E-state index in [1.54, 1.807) is 19.1 Å². The van der Waals surface area contributed by atoms with E-state index in [1.807, 2.05) is 0 Å². The summed E-state index contributed by atoms with van der Waals surface area (Å²) in [4.78, 5) is 2.06. The van der Waals surface area contributed by atoms with Gasteiger partial charge in [-0.1, -0.05) is 13.0 Å². The first-order chi connectivity index (χ1) is 8.63. The van der Waals surface area contributed by atoms with Crippen LogP contribution in [0.15, 0.2) is 18.2 Å². The molecular formula is C14H20FNO2. The van der Waals surface area contributed by atoms with Gasteiger partial charge in [-0.25, -0.2) is 4.39 Å². The van der Waals surface area contributed by atoms with Crippen LogP contribution < -0.4 is 4.90 Å². The van der Waals surface area contributed by atoms with Crippen molar-refractivity contribution in [2.75, 3.05) is 24.7 Å².